The average molecular weight is 367 g/mol. The first-order valence-electron chi connectivity index (χ1n) is 7.98. The third-order valence-corrected chi connectivity index (χ3v) is 4.74. The second-order valence-electron chi connectivity index (χ2n) is 6.00. The lowest BCUT2D eigenvalue weighted by molar-refractivity contribution is 0.694. The summed E-state index contributed by atoms with van der Waals surface area (Å²) in [7, 11) is 3.08. The van der Waals surface area contributed by atoms with Crippen LogP contribution in [0.2, 0.25) is 5.02 Å². The lowest BCUT2D eigenvalue weighted by atomic mass is 10.0. The Bertz CT molecular complexity index is 1230. The first-order valence-corrected chi connectivity index (χ1v) is 8.36. The van der Waals surface area contributed by atoms with E-state index in [4.69, 9.17) is 11.6 Å². The van der Waals surface area contributed by atoms with Crippen molar-refractivity contribution in [2.75, 3.05) is 0 Å². The highest BCUT2D eigenvalue weighted by molar-refractivity contribution is 6.33. The Morgan fingerprint density at radius 1 is 0.962 bits per heavy atom. The van der Waals surface area contributed by atoms with Crippen molar-refractivity contribution in [3.8, 4) is 22.5 Å². The molecule has 3 aromatic heterocycles. The van der Waals surface area contributed by atoms with Crippen LogP contribution in [0.5, 0.6) is 0 Å². The number of rotatable bonds is 2. The minimum Gasteiger partial charge on any atom is -0.306 e. The van der Waals surface area contributed by atoms with Crippen LogP contribution < -0.4 is 11.2 Å². The molecule has 0 fully saturated rings. The van der Waals surface area contributed by atoms with Crippen LogP contribution in [0, 0.1) is 0 Å². The fourth-order valence-electron chi connectivity index (χ4n) is 3.10. The summed E-state index contributed by atoms with van der Waals surface area (Å²) in [4.78, 5) is 30.1. The number of imidazole rings is 1. The largest absolute Gasteiger partial charge is 0.330 e. The van der Waals surface area contributed by atoms with Crippen molar-refractivity contribution in [3.63, 3.8) is 0 Å². The van der Waals surface area contributed by atoms with Crippen molar-refractivity contribution in [1.29, 1.82) is 0 Å². The van der Waals surface area contributed by atoms with Crippen LogP contribution in [0.1, 0.15) is 0 Å². The van der Waals surface area contributed by atoms with Gasteiger partial charge in [-0.25, -0.2) is 9.78 Å². The maximum Gasteiger partial charge on any atom is 0.330 e. The van der Waals surface area contributed by atoms with Gasteiger partial charge >= 0.3 is 5.69 Å². The molecular weight excluding hydrogens is 352 g/mol. The van der Waals surface area contributed by atoms with Crippen LogP contribution in [-0.4, -0.2) is 18.5 Å². The molecule has 26 heavy (non-hydrogen) atoms. The van der Waals surface area contributed by atoms with E-state index >= 15 is 0 Å². The number of aromatic nitrogens is 4. The van der Waals surface area contributed by atoms with E-state index in [9.17, 15) is 9.59 Å². The second kappa shape index (κ2) is 6.00. The standard InChI is InChI=1S/C19H15ClN4O2/c1-22-17(12-7-3-4-8-13(12)20)16(18(25)23(2)19(22)26)14-11-24-10-6-5-9-15(24)21-14/h3-11H,1-2H3. The Morgan fingerprint density at radius 2 is 1.69 bits per heavy atom. The second-order valence-corrected chi connectivity index (χ2v) is 6.41. The topological polar surface area (TPSA) is 61.3 Å². The normalized spacial score (nSPS) is 11.2. The van der Waals surface area contributed by atoms with Gasteiger partial charge in [0, 0.05) is 37.1 Å². The molecule has 0 radical (unpaired) electrons. The van der Waals surface area contributed by atoms with E-state index < -0.39 is 11.2 Å². The predicted octanol–water partition coefficient (Wildman–Crippen LogP) is 2.72. The fourth-order valence-corrected chi connectivity index (χ4v) is 3.32. The van der Waals surface area contributed by atoms with Crippen molar-refractivity contribution in [2.24, 2.45) is 14.1 Å². The highest BCUT2D eigenvalue weighted by Gasteiger charge is 2.22. The van der Waals surface area contributed by atoms with Crippen LogP contribution in [-0.2, 0) is 14.1 Å². The first-order chi connectivity index (χ1) is 12.5. The van der Waals surface area contributed by atoms with Crippen molar-refractivity contribution >= 4 is 17.2 Å². The number of hydrogen-bond acceptors (Lipinski definition) is 3. The molecule has 0 bridgehead atoms. The Morgan fingerprint density at radius 3 is 2.42 bits per heavy atom. The minimum absolute atomic E-state index is 0.339. The molecule has 4 aromatic rings. The molecule has 6 nitrogen and oxygen atoms in total. The quantitative estimate of drug-likeness (QED) is 0.548. The van der Waals surface area contributed by atoms with Gasteiger partial charge in [-0.2, -0.15) is 0 Å². The van der Waals surface area contributed by atoms with Crippen LogP contribution in [0.25, 0.3) is 28.2 Å². The predicted molar refractivity (Wildman–Crippen MR) is 102 cm³/mol. The molecule has 0 aliphatic carbocycles. The Hall–Kier alpha value is -3.12. The molecule has 4 rings (SSSR count). The summed E-state index contributed by atoms with van der Waals surface area (Å²) in [6.45, 7) is 0. The number of nitrogens with zero attached hydrogens (tertiary/aromatic N) is 4. The molecule has 0 saturated heterocycles. The van der Waals surface area contributed by atoms with Crippen LogP contribution >= 0.6 is 11.6 Å². The first kappa shape index (κ1) is 16.4. The van der Waals surface area contributed by atoms with Gasteiger partial charge < -0.3 is 4.40 Å². The van der Waals surface area contributed by atoms with Gasteiger partial charge in [-0.05, 0) is 18.2 Å². The molecule has 7 heteroatoms. The molecule has 1 aromatic carbocycles. The van der Waals surface area contributed by atoms with Gasteiger partial charge in [0.05, 0.1) is 17.0 Å². The average Bonchev–Trinajstić information content (AvgIpc) is 3.07. The van der Waals surface area contributed by atoms with Crippen molar-refractivity contribution in [1.82, 2.24) is 18.5 Å². The van der Waals surface area contributed by atoms with E-state index in [-0.39, 0.29) is 0 Å². The van der Waals surface area contributed by atoms with Crippen molar-refractivity contribution in [3.05, 3.63) is 80.7 Å². The lowest BCUT2D eigenvalue weighted by Gasteiger charge is -2.15. The van der Waals surface area contributed by atoms with Gasteiger partial charge in [0.25, 0.3) is 5.56 Å². The van der Waals surface area contributed by atoms with E-state index in [2.05, 4.69) is 4.98 Å². The number of halogens is 1. The summed E-state index contributed by atoms with van der Waals surface area (Å²) in [5, 5.41) is 0.459. The molecule has 0 aliphatic heterocycles. The van der Waals surface area contributed by atoms with Gasteiger partial charge in [0.2, 0.25) is 0 Å². The van der Waals surface area contributed by atoms with Gasteiger partial charge in [0.1, 0.15) is 5.65 Å². The minimum atomic E-state index is -0.419. The fraction of sp³-hybridized carbons (Fsp3) is 0.105. The zero-order valence-electron chi connectivity index (χ0n) is 14.2. The number of pyridine rings is 1. The van der Waals surface area contributed by atoms with Crippen LogP contribution in [0.15, 0.2) is 64.4 Å². The molecule has 0 aliphatic rings. The molecule has 0 unspecified atom stereocenters. The van der Waals surface area contributed by atoms with E-state index in [1.165, 1.54) is 11.6 Å². The summed E-state index contributed by atoms with van der Waals surface area (Å²) < 4.78 is 4.35. The number of hydrogen-bond donors (Lipinski definition) is 0. The molecule has 0 saturated carbocycles. The summed E-state index contributed by atoms with van der Waals surface area (Å²) in [6, 6.07) is 12.7. The zero-order valence-corrected chi connectivity index (χ0v) is 14.9. The molecule has 130 valence electrons. The zero-order chi connectivity index (χ0) is 18.4. The maximum absolute atomic E-state index is 13.0. The molecule has 0 N–H and O–H groups in total. The Labute approximate surface area is 153 Å². The monoisotopic (exact) mass is 366 g/mol. The van der Waals surface area contributed by atoms with E-state index in [0.717, 1.165) is 4.57 Å². The summed E-state index contributed by atoms with van der Waals surface area (Å²) in [5.74, 6) is 0. The third kappa shape index (κ3) is 2.38. The Balaban J connectivity index is 2.16. The number of benzene rings is 1. The molecule has 3 heterocycles. The van der Waals surface area contributed by atoms with Gasteiger partial charge in [-0.3, -0.25) is 13.9 Å². The van der Waals surface area contributed by atoms with Crippen LogP contribution in [0.3, 0.4) is 0 Å². The van der Waals surface area contributed by atoms with Gasteiger partial charge in [0.15, 0.2) is 0 Å². The number of fused-ring (bicyclic) bond motifs is 1. The lowest BCUT2D eigenvalue weighted by Crippen LogP contribution is -2.38. The SMILES string of the molecule is Cn1c(-c2ccccc2Cl)c(-c2cn3ccccc3n2)c(=O)n(C)c1=O. The van der Waals surface area contributed by atoms with Crippen molar-refractivity contribution < 1.29 is 0 Å². The molecule has 0 atom stereocenters. The Kier molecular flexibility index (Phi) is 3.77. The highest BCUT2D eigenvalue weighted by atomic mass is 35.5. The van der Waals surface area contributed by atoms with Gasteiger partial charge in [-0.15, -0.1) is 0 Å². The molecule has 0 spiro atoms. The van der Waals surface area contributed by atoms with Crippen molar-refractivity contribution in [2.45, 2.75) is 0 Å². The maximum atomic E-state index is 13.0. The van der Waals surface area contributed by atoms with E-state index in [1.54, 1.807) is 31.4 Å². The highest BCUT2D eigenvalue weighted by Crippen LogP contribution is 2.32. The molecular formula is C19H15ClN4O2. The third-order valence-electron chi connectivity index (χ3n) is 4.41. The summed E-state index contributed by atoms with van der Waals surface area (Å²) in [6.07, 6.45) is 3.63. The van der Waals surface area contributed by atoms with E-state index in [0.29, 0.717) is 33.2 Å². The smallest absolute Gasteiger partial charge is 0.306 e. The van der Waals surface area contributed by atoms with Crippen LogP contribution in [0.4, 0.5) is 0 Å². The van der Waals surface area contributed by atoms with E-state index in [1.807, 2.05) is 34.9 Å². The summed E-state index contributed by atoms with van der Waals surface area (Å²) >= 11 is 6.36. The van der Waals surface area contributed by atoms with Gasteiger partial charge in [-0.1, -0.05) is 35.9 Å². The summed E-state index contributed by atoms with van der Waals surface area (Å²) in [5.41, 5.74) is 1.77. The molecule has 0 amide bonds.